The first-order valence-corrected chi connectivity index (χ1v) is 4.72. The molecule has 0 rings (SSSR count). The fourth-order valence-electron chi connectivity index (χ4n) is 1.27. The van der Waals surface area contributed by atoms with Gasteiger partial charge < -0.3 is 0 Å². The Balaban J connectivity index is 3.88. The van der Waals surface area contributed by atoms with Crippen LogP contribution in [-0.4, -0.2) is 0 Å². The molecule has 0 unspecified atom stereocenters. The lowest BCUT2D eigenvalue weighted by atomic mass is 9.79. The predicted molar refractivity (Wildman–Crippen MR) is 52.7 cm³/mol. The molecule has 0 N–H and O–H groups in total. The summed E-state index contributed by atoms with van der Waals surface area (Å²) in [6.45, 7) is 13.1. The van der Waals surface area contributed by atoms with E-state index >= 15 is 0 Å². The highest BCUT2D eigenvalue weighted by molar-refractivity contribution is 5.05. The topological polar surface area (TPSA) is 0 Å². The second-order valence-electron chi connectivity index (χ2n) is 3.94. The lowest BCUT2D eigenvalue weighted by Gasteiger charge is -2.26. The van der Waals surface area contributed by atoms with Gasteiger partial charge in [0.25, 0.3) is 0 Å². The van der Waals surface area contributed by atoms with E-state index in [4.69, 9.17) is 0 Å². The van der Waals surface area contributed by atoms with Crippen LogP contribution in [0.5, 0.6) is 0 Å². The molecule has 0 aromatic carbocycles. The van der Waals surface area contributed by atoms with Gasteiger partial charge in [0.2, 0.25) is 0 Å². The molecule has 0 aromatic rings. The Hall–Kier alpha value is -0.260. The van der Waals surface area contributed by atoms with Gasteiger partial charge in [-0.15, -0.1) is 0 Å². The van der Waals surface area contributed by atoms with Crippen LogP contribution in [0.1, 0.15) is 53.4 Å². The van der Waals surface area contributed by atoms with Crippen molar-refractivity contribution in [2.45, 2.75) is 53.4 Å². The van der Waals surface area contributed by atoms with E-state index in [2.05, 4.69) is 34.3 Å². The van der Waals surface area contributed by atoms with E-state index in [0.29, 0.717) is 5.41 Å². The molecule has 0 heteroatoms. The first-order valence-electron chi connectivity index (χ1n) is 4.72. The number of hydrogen-bond acceptors (Lipinski definition) is 0. The summed E-state index contributed by atoms with van der Waals surface area (Å²) in [7, 11) is 0. The van der Waals surface area contributed by atoms with Gasteiger partial charge in [-0.1, -0.05) is 52.7 Å². The van der Waals surface area contributed by atoms with Crippen LogP contribution < -0.4 is 0 Å². The van der Waals surface area contributed by atoms with E-state index in [1.807, 2.05) is 0 Å². The fourth-order valence-corrected chi connectivity index (χ4v) is 1.27. The molecule has 0 spiro atoms. The average Bonchev–Trinajstić information content (AvgIpc) is 1.99. The smallest absolute Gasteiger partial charge is 0.0147 e. The highest BCUT2D eigenvalue weighted by atomic mass is 14.2. The van der Waals surface area contributed by atoms with Crippen molar-refractivity contribution in [3.63, 3.8) is 0 Å². The molecule has 0 nitrogen and oxygen atoms in total. The van der Waals surface area contributed by atoms with Gasteiger partial charge in [0.05, 0.1) is 0 Å². The quantitative estimate of drug-likeness (QED) is 0.521. The van der Waals surface area contributed by atoms with E-state index in [1.165, 1.54) is 24.8 Å². The van der Waals surface area contributed by atoms with Crippen LogP contribution in [0.3, 0.4) is 0 Å². The number of hydrogen-bond donors (Lipinski definition) is 0. The van der Waals surface area contributed by atoms with Gasteiger partial charge in [0, 0.05) is 0 Å². The number of unbranched alkanes of at least 4 members (excludes halogenated alkanes) is 1. The molecule has 0 aromatic heterocycles. The van der Waals surface area contributed by atoms with Crippen molar-refractivity contribution in [2.75, 3.05) is 0 Å². The summed E-state index contributed by atoms with van der Waals surface area (Å²) in [4.78, 5) is 0. The molecular weight excluding hydrogens is 132 g/mol. The summed E-state index contributed by atoms with van der Waals surface area (Å²) in [5.41, 5.74) is 1.76. The Morgan fingerprint density at radius 2 is 1.82 bits per heavy atom. The van der Waals surface area contributed by atoms with Crippen LogP contribution in [0, 0.1) is 5.41 Å². The van der Waals surface area contributed by atoms with E-state index in [1.54, 1.807) is 0 Å². The van der Waals surface area contributed by atoms with Crippen LogP contribution in [0.2, 0.25) is 0 Å². The highest BCUT2D eigenvalue weighted by Gasteiger charge is 2.18. The van der Waals surface area contributed by atoms with Crippen LogP contribution in [0.15, 0.2) is 12.2 Å². The fraction of sp³-hybridized carbons (Fsp3) is 0.818. The predicted octanol–water partition coefficient (Wildman–Crippen LogP) is 4.17. The largest absolute Gasteiger partial charge is 0.0993 e. The zero-order valence-corrected chi connectivity index (χ0v) is 8.54. The van der Waals surface area contributed by atoms with Crippen LogP contribution >= 0.6 is 0 Å². The highest BCUT2D eigenvalue weighted by Crippen LogP contribution is 2.32. The van der Waals surface area contributed by atoms with Gasteiger partial charge >= 0.3 is 0 Å². The molecule has 0 bridgehead atoms. The molecule has 0 heterocycles. The summed E-state index contributed by atoms with van der Waals surface area (Å²) >= 11 is 0. The molecular formula is C11H22. The van der Waals surface area contributed by atoms with Crippen molar-refractivity contribution in [3.05, 3.63) is 12.2 Å². The average molecular weight is 154 g/mol. The Morgan fingerprint density at radius 3 is 2.18 bits per heavy atom. The minimum absolute atomic E-state index is 0.366. The maximum absolute atomic E-state index is 4.10. The van der Waals surface area contributed by atoms with Crippen molar-refractivity contribution in [2.24, 2.45) is 5.41 Å². The SMILES string of the molecule is C=C(CC)C(C)(C)CCCC. The van der Waals surface area contributed by atoms with E-state index in [-0.39, 0.29) is 0 Å². The van der Waals surface area contributed by atoms with Crippen LogP contribution in [0.4, 0.5) is 0 Å². The Morgan fingerprint density at radius 1 is 1.27 bits per heavy atom. The third-order valence-corrected chi connectivity index (χ3v) is 2.54. The summed E-state index contributed by atoms with van der Waals surface area (Å²) in [6.07, 6.45) is 5.03. The Kier molecular flexibility index (Phi) is 4.48. The summed E-state index contributed by atoms with van der Waals surface area (Å²) in [6, 6.07) is 0. The van der Waals surface area contributed by atoms with Gasteiger partial charge in [0.15, 0.2) is 0 Å². The minimum atomic E-state index is 0.366. The first kappa shape index (κ1) is 10.7. The molecule has 66 valence electrons. The molecule has 0 radical (unpaired) electrons. The van der Waals surface area contributed by atoms with E-state index in [0.717, 1.165) is 6.42 Å². The lowest BCUT2D eigenvalue weighted by molar-refractivity contribution is 0.384. The van der Waals surface area contributed by atoms with Crippen LogP contribution in [0.25, 0.3) is 0 Å². The van der Waals surface area contributed by atoms with Gasteiger partial charge in [0.1, 0.15) is 0 Å². The Labute approximate surface area is 71.7 Å². The Bertz CT molecular complexity index is 120. The van der Waals surface area contributed by atoms with Gasteiger partial charge in [-0.05, 0) is 18.3 Å². The van der Waals surface area contributed by atoms with Gasteiger partial charge in [-0.3, -0.25) is 0 Å². The van der Waals surface area contributed by atoms with Crippen LogP contribution in [-0.2, 0) is 0 Å². The molecule has 0 saturated heterocycles. The second-order valence-corrected chi connectivity index (χ2v) is 3.94. The molecule has 11 heavy (non-hydrogen) atoms. The normalized spacial score (nSPS) is 11.6. The van der Waals surface area contributed by atoms with Gasteiger partial charge in [-0.25, -0.2) is 0 Å². The maximum Gasteiger partial charge on any atom is -0.0147 e. The molecule has 0 aliphatic carbocycles. The molecule has 0 aliphatic rings. The zero-order chi connectivity index (χ0) is 8.91. The molecule has 0 saturated carbocycles. The molecule has 0 aliphatic heterocycles. The lowest BCUT2D eigenvalue weighted by Crippen LogP contribution is -2.13. The minimum Gasteiger partial charge on any atom is -0.0993 e. The standard InChI is InChI=1S/C11H22/c1-6-8-9-11(4,5)10(3)7-2/h3,6-9H2,1-2,4-5H3. The maximum atomic E-state index is 4.10. The van der Waals surface area contributed by atoms with Gasteiger partial charge in [-0.2, -0.15) is 0 Å². The van der Waals surface area contributed by atoms with E-state index < -0.39 is 0 Å². The summed E-state index contributed by atoms with van der Waals surface area (Å²) in [5, 5.41) is 0. The van der Waals surface area contributed by atoms with Crippen molar-refractivity contribution in [3.8, 4) is 0 Å². The van der Waals surface area contributed by atoms with Crippen molar-refractivity contribution >= 4 is 0 Å². The number of allylic oxidation sites excluding steroid dienone is 1. The third kappa shape index (κ3) is 3.60. The van der Waals surface area contributed by atoms with Crippen molar-refractivity contribution < 1.29 is 0 Å². The number of rotatable bonds is 5. The van der Waals surface area contributed by atoms with Crippen molar-refractivity contribution in [1.82, 2.24) is 0 Å². The van der Waals surface area contributed by atoms with Crippen molar-refractivity contribution in [1.29, 1.82) is 0 Å². The first-order chi connectivity index (χ1) is 5.04. The second kappa shape index (κ2) is 4.58. The van der Waals surface area contributed by atoms with E-state index in [9.17, 15) is 0 Å². The zero-order valence-electron chi connectivity index (χ0n) is 8.54. The molecule has 0 amide bonds. The molecule has 0 atom stereocenters. The monoisotopic (exact) mass is 154 g/mol. The summed E-state index contributed by atoms with van der Waals surface area (Å²) in [5.74, 6) is 0. The molecule has 0 fully saturated rings. The summed E-state index contributed by atoms with van der Waals surface area (Å²) < 4.78 is 0. The third-order valence-electron chi connectivity index (χ3n) is 2.54.